The molecule has 1 fully saturated rings. The van der Waals surface area contributed by atoms with Crippen LogP contribution in [0.1, 0.15) is 24.0 Å². The van der Waals surface area contributed by atoms with Crippen molar-refractivity contribution < 1.29 is 19.3 Å². The Bertz CT molecular complexity index is 703. The molecular weight excluding hydrogens is 342 g/mol. The summed E-state index contributed by atoms with van der Waals surface area (Å²) < 4.78 is 16.4. The number of ether oxygens (including phenoxy) is 3. The zero-order valence-electron chi connectivity index (χ0n) is 16.1. The second-order valence-corrected chi connectivity index (χ2v) is 7.00. The highest BCUT2D eigenvalue weighted by Crippen LogP contribution is 2.31. The van der Waals surface area contributed by atoms with Crippen LogP contribution in [0.3, 0.4) is 0 Å². The summed E-state index contributed by atoms with van der Waals surface area (Å²) in [5.74, 6) is 1.46. The normalized spacial score (nSPS) is 15.0. The topological polar surface area (TPSA) is 51.2 Å². The molecule has 1 unspecified atom stereocenters. The zero-order chi connectivity index (χ0) is 19.1. The molecule has 1 N–H and O–H groups in total. The van der Waals surface area contributed by atoms with Crippen LogP contribution >= 0.6 is 0 Å². The van der Waals surface area contributed by atoms with E-state index in [9.17, 15) is 5.11 Å². The van der Waals surface area contributed by atoms with Gasteiger partial charge in [-0.1, -0.05) is 36.4 Å². The first kappa shape index (κ1) is 19.7. The van der Waals surface area contributed by atoms with Crippen molar-refractivity contribution in [1.82, 2.24) is 4.90 Å². The molecule has 3 rings (SSSR count). The van der Waals surface area contributed by atoms with E-state index < -0.39 is 6.10 Å². The standard InChI is InChI=1S/C22H29NO4/c1-25-21-11-8-18(12-22(21)26-2)13-23(19-9-10-19)14-20(24)16-27-15-17-6-4-3-5-7-17/h3-8,11-12,19-20,24H,9-10,13-16H2,1-2H3. The summed E-state index contributed by atoms with van der Waals surface area (Å²) in [5.41, 5.74) is 2.27. The molecule has 5 heteroatoms. The zero-order valence-corrected chi connectivity index (χ0v) is 16.1. The van der Waals surface area contributed by atoms with Crippen molar-refractivity contribution in [2.45, 2.75) is 38.1 Å². The minimum Gasteiger partial charge on any atom is -0.493 e. The second-order valence-electron chi connectivity index (χ2n) is 7.00. The van der Waals surface area contributed by atoms with Crippen LogP contribution in [0.5, 0.6) is 11.5 Å². The molecule has 0 bridgehead atoms. The molecule has 5 nitrogen and oxygen atoms in total. The highest BCUT2D eigenvalue weighted by Gasteiger charge is 2.30. The van der Waals surface area contributed by atoms with Gasteiger partial charge in [0.2, 0.25) is 0 Å². The lowest BCUT2D eigenvalue weighted by Gasteiger charge is -2.25. The van der Waals surface area contributed by atoms with E-state index in [1.165, 1.54) is 12.8 Å². The molecule has 146 valence electrons. The Labute approximate surface area is 161 Å². The Morgan fingerprint density at radius 1 is 1.00 bits per heavy atom. The Balaban J connectivity index is 1.51. The maximum absolute atomic E-state index is 10.4. The Kier molecular flexibility index (Phi) is 7.10. The Morgan fingerprint density at radius 2 is 1.74 bits per heavy atom. The van der Waals surface area contributed by atoms with Gasteiger partial charge in [-0.2, -0.15) is 0 Å². The van der Waals surface area contributed by atoms with Crippen molar-refractivity contribution in [3.63, 3.8) is 0 Å². The van der Waals surface area contributed by atoms with Crippen molar-refractivity contribution >= 4 is 0 Å². The molecule has 1 aliphatic carbocycles. The third kappa shape index (κ3) is 5.96. The molecular formula is C22H29NO4. The van der Waals surface area contributed by atoms with E-state index in [-0.39, 0.29) is 0 Å². The van der Waals surface area contributed by atoms with Crippen LogP contribution in [0.15, 0.2) is 48.5 Å². The second kappa shape index (κ2) is 9.74. The lowest BCUT2D eigenvalue weighted by Crippen LogP contribution is -2.36. The van der Waals surface area contributed by atoms with E-state index in [0.717, 1.165) is 29.2 Å². The van der Waals surface area contributed by atoms with Crippen LogP contribution < -0.4 is 9.47 Å². The molecule has 0 spiro atoms. The number of aliphatic hydroxyl groups is 1. The smallest absolute Gasteiger partial charge is 0.161 e. The van der Waals surface area contributed by atoms with Gasteiger partial charge in [-0.25, -0.2) is 0 Å². The molecule has 2 aromatic rings. The molecule has 0 radical (unpaired) electrons. The molecule has 1 aliphatic rings. The number of hydrogen-bond acceptors (Lipinski definition) is 5. The minimum absolute atomic E-state index is 0.337. The fraction of sp³-hybridized carbons (Fsp3) is 0.455. The number of rotatable bonds is 11. The molecule has 0 saturated heterocycles. The average Bonchev–Trinajstić information content (AvgIpc) is 3.53. The summed E-state index contributed by atoms with van der Waals surface area (Å²) >= 11 is 0. The SMILES string of the molecule is COc1ccc(CN(CC(O)COCc2ccccc2)C2CC2)cc1OC. The van der Waals surface area contributed by atoms with Gasteiger partial charge < -0.3 is 19.3 Å². The van der Waals surface area contributed by atoms with E-state index in [1.807, 2.05) is 42.5 Å². The van der Waals surface area contributed by atoms with Crippen molar-refractivity contribution in [2.24, 2.45) is 0 Å². The van der Waals surface area contributed by atoms with Crippen LogP contribution in [0.2, 0.25) is 0 Å². The number of aliphatic hydroxyl groups excluding tert-OH is 1. The van der Waals surface area contributed by atoms with Gasteiger partial charge in [0, 0.05) is 19.1 Å². The third-order valence-electron chi connectivity index (χ3n) is 4.76. The fourth-order valence-corrected chi connectivity index (χ4v) is 3.21. The van der Waals surface area contributed by atoms with Gasteiger partial charge in [-0.15, -0.1) is 0 Å². The predicted molar refractivity (Wildman–Crippen MR) is 105 cm³/mol. The first-order chi connectivity index (χ1) is 13.2. The molecule has 27 heavy (non-hydrogen) atoms. The molecule has 0 aromatic heterocycles. The van der Waals surface area contributed by atoms with Crippen LogP contribution in [0.25, 0.3) is 0 Å². The number of nitrogens with zero attached hydrogens (tertiary/aromatic N) is 1. The quantitative estimate of drug-likeness (QED) is 0.657. The minimum atomic E-state index is -0.505. The Morgan fingerprint density at radius 3 is 2.41 bits per heavy atom. The van der Waals surface area contributed by atoms with Gasteiger partial charge in [0.25, 0.3) is 0 Å². The molecule has 1 saturated carbocycles. The Hall–Kier alpha value is -2.08. The summed E-state index contributed by atoms with van der Waals surface area (Å²) in [6.45, 7) is 2.25. The summed E-state index contributed by atoms with van der Waals surface area (Å²) in [7, 11) is 3.29. The summed E-state index contributed by atoms with van der Waals surface area (Å²) in [6.07, 6.45) is 1.87. The molecule has 1 atom stereocenters. The maximum Gasteiger partial charge on any atom is 0.161 e. The average molecular weight is 371 g/mol. The third-order valence-corrected chi connectivity index (χ3v) is 4.76. The first-order valence-electron chi connectivity index (χ1n) is 9.44. The van der Waals surface area contributed by atoms with Gasteiger partial charge in [0.1, 0.15) is 0 Å². The van der Waals surface area contributed by atoms with E-state index in [0.29, 0.717) is 25.8 Å². The summed E-state index contributed by atoms with van der Waals surface area (Å²) in [4.78, 5) is 2.33. The monoisotopic (exact) mass is 371 g/mol. The van der Waals surface area contributed by atoms with Crippen LogP contribution in [-0.2, 0) is 17.9 Å². The number of benzene rings is 2. The van der Waals surface area contributed by atoms with Gasteiger partial charge >= 0.3 is 0 Å². The summed E-state index contributed by atoms with van der Waals surface area (Å²) in [6, 6.07) is 16.6. The van der Waals surface area contributed by atoms with Crippen molar-refractivity contribution in [3.05, 3.63) is 59.7 Å². The molecule has 0 heterocycles. The van der Waals surface area contributed by atoms with Crippen molar-refractivity contribution in [1.29, 1.82) is 0 Å². The lowest BCUT2D eigenvalue weighted by atomic mass is 10.1. The van der Waals surface area contributed by atoms with Gasteiger partial charge in [-0.05, 0) is 36.1 Å². The van der Waals surface area contributed by atoms with Crippen LogP contribution in [0.4, 0.5) is 0 Å². The van der Waals surface area contributed by atoms with Gasteiger partial charge in [0.05, 0.1) is 33.5 Å². The van der Waals surface area contributed by atoms with Crippen molar-refractivity contribution in [2.75, 3.05) is 27.4 Å². The predicted octanol–water partition coefficient (Wildman–Crippen LogP) is 3.25. The van der Waals surface area contributed by atoms with E-state index in [1.54, 1.807) is 14.2 Å². The molecule has 0 aliphatic heterocycles. The van der Waals surface area contributed by atoms with Crippen LogP contribution in [0, 0.1) is 0 Å². The fourth-order valence-electron chi connectivity index (χ4n) is 3.21. The highest BCUT2D eigenvalue weighted by molar-refractivity contribution is 5.42. The number of hydrogen-bond donors (Lipinski definition) is 1. The van der Waals surface area contributed by atoms with Crippen LogP contribution in [-0.4, -0.2) is 49.5 Å². The largest absolute Gasteiger partial charge is 0.493 e. The van der Waals surface area contributed by atoms with Gasteiger partial charge in [0.15, 0.2) is 11.5 Å². The first-order valence-corrected chi connectivity index (χ1v) is 9.44. The van der Waals surface area contributed by atoms with E-state index in [4.69, 9.17) is 14.2 Å². The van der Waals surface area contributed by atoms with Gasteiger partial charge in [-0.3, -0.25) is 4.90 Å². The van der Waals surface area contributed by atoms with E-state index in [2.05, 4.69) is 11.0 Å². The lowest BCUT2D eigenvalue weighted by molar-refractivity contribution is 0.00705. The number of methoxy groups -OCH3 is 2. The van der Waals surface area contributed by atoms with E-state index >= 15 is 0 Å². The highest BCUT2D eigenvalue weighted by atomic mass is 16.5. The summed E-state index contributed by atoms with van der Waals surface area (Å²) in [5, 5.41) is 10.4. The molecule has 0 amide bonds. The molecule has 2 aromatic carbocycles. The van der Waals surface area contributed by atoms with Crippen molar-refractivity contribution in [3.8, 4) is 11.5 Å². The maximum atomic E-state index is 10.4.